The van der Waals surface area contributed by atoms with Crippen LogP contribution < -0.4 is 4.74 Å². The van der Waals surface area contributed by atoms with Gasteiger partial charge in [-0.15, -0.1) is 0 Å². The van der Waals surface area contributed by atoms with Crippen molar-refractivity contribution in [3.8, 4) is 5.75 Å². The lowest BCUT2D eigenvalue weighted by Gasteiger charge is -2.07. The predicted molar refractivity (Wildman–Crippen MR) is 66.9 cm³/mol. The van der Waals surface area contributed by atoms with E-state index in [0.29, 0.717) is 11.4 Å². The van der Waals surface area contributed by atoms with Gasteiger partial charge in [-0.2, -0.15) is 0 Å². The summed E-state index contributed by atoms with van der Waals surface area (Å²) < 4.78 is 18.2. The van der Waals surface area contributed by atoms with E-state index in [-0.39, 0.29) is 17.2 Å². The van der Waals surface area contributed by atoms with E-state index in [0.717, 1.165) is 6.07 Å². The molecule has 1 N–H and O–H groups in total. The molecule has 0 amide bonds. The summed E-state index contributed by atoms with van der Waals surface area (Å²) in [6.45, 7) is 0.116. The molecule has 6 heteroatoms. The van der Waals surface area contributed by atoms with E-state index in [1.165, 1.54) is 24.4 Å². The van der Waals surface area contributed by atoms with Crippen molar-refractivity contribution in [2.75, 3.05) is 0 Å². The molecule has 19 heavy (non-hydrogen) atoms. The Bertz CT molecular complexity index is 601. The Hall–Kier alpha value is -2.14. The number of hydrogen-bond acceptors (Lipinski definition) is 3. The summed E-state index contributed by atoms with van der Waals surface area (Å²) in [7, 11) is 0. The smallest absolute Gasteiger partial charge is 0.337 e. The summed E-state index contributed by atoms with van der Waals surface area (Å²) in [5, 5.41) is 8.89. The highest BCUT2D eigenvalue weighted by atomic mass is 35.5. The van der Waals surface area contributed by atoms with E-state index in [2.05, 4.69) is 4.98 Å². The molecule has 0 saturated heterocycles. The van der Waals surface area contributed by atoms with Gasteiger partial charge in [0.15, 0.2) is 0 Å². The number of carbonyl (C=O) groups is 1. The van der Waals surface area contributed by atoms with Crippen LogP contribution in [0.25, 0.3) is 0 Å². The molecule has 0 aliphatic heterocycles. The number of nitrogens with zero attached hydrogens (tertiary/aromatic N) is 1. The average molecular weight is 282 g/mol. The van der Waals surface area contributed by atoms with Crippen LogP contribution in [0.1, 0.15) is 16.1 Å². The fourth-order valence-electron chi connectivity index (χ4n) is 1.38. The van der Waals surface area contributed by atoms with Crippen LogP contribution in [-0.4, -0.2) is 16.1 Å². The first-order valence-corrected chi connectivity index (χ1v) is 5.70. The standard InChI is InChI=1S/C13H9ClFNO3/c14-11-5-9(15)2-4-12(11)19-7-10-3-1-8(6-16-10)13(17)18/h1-6H,7H2,(H,17,18). The molecule has 4 nitrogen and oxygen atoms in total. The van der Waals surface area contributed by atoms with Gasteiger partial charge in [0.2, 0.25) is 0 Å². The van der Waals surface area contributed by atoms with E-state index in [4.69, 9.17) is 21.4 Å². The van der Waals surface area contributed by atoms with Crippen molar-refractivity contribution in [1.82, 2.24) is 4.98 Å². The van der Waals surface area contributed by atoms with Gasteiger partial charge in [0.1, 0.15) is 18.2 Å². The molecule has 1 aromatic carbocycles. The van der Waals surface area contributed by atoms with Gasteiger partial charge in [0.05, 0.1) is 16.3 Å². The van der Waals surface area contributed by atoms with Gasteiger partial charge in [-0.3, -0.25) is 4.98 Å². The van der Waals surface area contributed by atoms with Crippen LogP contribution in [0.3, 0.4) is 0 Å². The summed E-state index contributed by atoms with van der Waals surface area (Å²) in [5.41, 5.74) is 0.647. The molecule has 98 valence electrons. The van der Waals surface area contributed by atoms with Gasteiger partial charge in [0.25, 0.3) is 0 Å². The van der Waals surface area contributed by atoms with E-state index in [1.54, 1.807) is 6.07 Å². The number of carboxylic acid groups (broad SMARTS) is 1. The van der Waals surface area contributed by atoms with Crippen LogP contribution in [0, 0.1) is 5.82 Å². The first-order chi connectivity index (χ1) is 9.06. The van der Waals surface area contributed by atoms with Crippen molar-refractivity contribution in [1.29, 1.82) is 0 Å². The quantitative estimate of drug-likeness (QED) is 0.935. The molecule has 0 bridgehead atoms. The second kappa shape index (κ2) is 5.67. The molecule has 2 rings (SSSR count). The molecule has 0 fully saturated rings. The SMILES string of the molecule is O=C(O)c1ccc(COc2ccc(F)cc2Cl)nc1. The Morgan fingerprint density at radius 1 is 1.37 bits per heavy atom. The van der Waals surface area contributed by atoms with Crippen molar-refractivity contribution in [3.05, 3.63) is 58.6 Å². The lowest BCUT2D eigenvalue weighted by Crippen LogP contribution is -2.02. The summed E-state index contributed by atoms with van der Waals surface area (Å²) in [6.07, 6.45) is 1.24. The molecule has 0 unspecified atom stereocenters. The highest BCUT2D eigenvalue weighted by Crippen LogP contribution is 2.25. The maximum absolute atomic E-state index is 12.8. The highest BCUT2D eigenvalue weighted by molar-refractivity contribution is 6.32. The van der Waals surface area contributed by atoms with Crippen LogP contribution in [0.15, 0.2) is 36.5 Å². The molecule has 0 spiro atoms. The number of benzene rings is 1. The molecule has 1 heterocycles. The largest absolute Gasteiger partial charge is 0.486 e. The molecule has 1 aromatic heterocycles. The fourth-order valence-corrected chi connectivity index (χ4v) is 1.60. The Morgan fingerprint density at radius 3 is 2.74 bits per heavy atom. The Morgan fingerprint density at radius 2 is 2.16 bits per heavy atom. The van der Waals surface area contributed by atoms with Gasteiger partial charge in [-0.05, 0) is 30.3 Å². The third-order valence-corrected chi connectivity index (χ3v) is 2.64. The minimum atomic E-state index is -1.04. The normalized spacial score (nSPS) is 10.2. The van der Waals surface area contributed by atoms with Gasteiger partial charge in [-0.1, -0.05) is 11.6 Å². The van der Waals surface area contributed by atoms with Gasteiger partial charge < -0.3 is 9.84 Å². The molecular formula is C13H9ClFNO3. The first kappa shape index (κ1) is 13.3. The molecule has 0 aliphatic carbocycles. The van der Waals surface area contributed by atoms with Crippen LogP contribution in [0.5, 0.6) is 5.75 Å². The van der Waals surface area contributed by atoms with Crippen LogP contribution in [-0.2, 0) is 6.61 Å². The zero-order chi connectivity index (χ0) is 13.8. The highest BCUT2D eigenvalue weighted by Gasteiger charge is 2.06. The summed E-state index contributed by atoms with van der Waals surface area (Å²) >= 11 is 5.80. The minimum absolute atomic E-state index is 0.101. The van der Waals surface area contributed by atoms with E-state index in [1.807, 2.05) is 0 Å². The molecule has 0 atom stereocenters. The predicted octanol–water partition coefficient (Wildman–Crippen LogP) is 3.15. The van der Waals surface area contributed by atoms with Crippen LogP contribution in [0.2, 0.25) is 5.02 Å². The first-order valence-electron chi connectivity index (χ1n) is 5.32. The van der Waals surface area contributed by atoms with Gasteiger partial charge in [-0.25, -0.2) is 9.18 Å². The van der Waals surface area contributed by atoms with Crippen molar-refractivity contribution >= 4 is 17.6 Å². The average Bonchev–Trinajstić information content (AvgIpc) is 2.38. The maximum atomic E-state index is 12.8. The molecule has 0 aliphatic rings. The summed E-state index contributed by atoms with van der Waals surface area (Å²) in [6, 6.07) is 6.78. The molecule has 2 aromatic rings. The lowest BCUT2D eigenvalue weighted by atomic mass is 10.2. The number of pyridine rings is 1. The third kappa shape index (κ3) is 3.42. The van der Waals surface area contributed by atoms with Crippen molar-refractivity contribution in [3.63, 3.8) is 0 Å². The van der Waals surface area contributed by atoms with Crippen molar-refractivity contribution in [2.24, 2.45) is 0 Å². The second-order valence-electron chi connectivity index (χ2n) is 3.71. The van der Waals surface area contributed by atoms with Crippen LogP contribution >= 0.6 is 11.6 Å². The number of halogens is 2. The van der Waals surface area contributed by atoms with Crippen molar-refractivity contribution in [2.45, 2.75) is 6.61 Å². The second-order valence-corrected chi connectivity index (χ2v) is 4.11. The number of ether oxygens (including phenoxy) is 1. The summed E-state index contributed by atoms with van der Waals surface area (Å²) in [4.78, 5) is 14.6. The molecule has 0 radical (unpaired) electrons. The van der Waals surface area contributed by atoms with E-state index < -0.39 is 11.8 Å². The van der Waals surface area contributed by atoms with Crippen molar-refractivity contribution < 1.29 is 19.0 Å². The number of carboxylic acids is 1. The number of hydrogen-bond donors (Lipinski definition) is 1. The Kier molecular flexibility index (Phi) is 3.97. The van der Waals surface area contributed by atoms with Crippen LogP contribution in [0.4, 0.5) is 4.39 Å². The molecular weight excluding hydrogens is 273 g/mol. The Labute approximate surface area is 113 Å². The van der Waals surface area contributed by atoms with E-state index >= 15 is 0 Å². The molecule has 0 saturated carbocycles. The maximum Gasteiger partial charge on any atom is 0.337 e. The number of aromatic nitrogens is 1. The zero-order valence-electron chi connectivity index (χ0n) is 9.64. The number of aromatic carboxylic acids is 1. The summed E-state index contributed by atoms with van der Waals surface area (Å²) in [5.74, 6) is -1.14. The van der Waals surface area contributed by atoms with Gasteiger partial charge in [0, 0.05) is 6.20 Å². The lowest BCUT2D eigenvalue weighted by molar-refractivity contribution is 0.0696. The Balaban J connectivity index is 2.04. The van der Waals surface area contributed by atoms with Gasteiger partial charge >= 0.3 is 5.97 Å². The monoisotopic (exact) mass is 281 g/mol. The third-order valence-electron chi connectivity index (χ3n) is 2.34. The van der Waals surface area contributed by atoms with E-state index in [9.17, 15) is 9.18 Å². The number of rotatable bonds is 4. The zero-order valence-corrected chi connectivity index (χ0v) is 10.4. The topological polar surface area (TPSA) is 59.4 Å². The fraction of sp³-hybridized carbons (Fsp3) is 0.0769. The minimum Gasteiger partial charge on any atom is -0.486 e.